The Labute approximate surface area is 164 Å². The van der Waals surface area contributed by atoms with Crippen molar-refractivity contribution in [3.63, 3.8) is 0 Å². The molecule has 1 saturated heterocycles. The highest BCUT2D eigenvalue weighted by atomic mass is 127. The maximum absolute atomic E-state index is 12.0. The molecule has 0 spiro atoms. The van der Waals surface area contributed by atoms with Crippen LogP contribution in [0, 0.1) is 9.81 Å². The number of nitrogens with zero attached hydrogens (tertiary/aromatic N) is 4. The molecule has 1 amide bonds. The van der Waals surface area contributed by atoms with E-state index in [1.807, 2.05) is 45.6 Å². The molecule has 3 heterocycles. The molecule has 136 valence electrons. The van der Waals surface area contributed by atoms with Gasteiger partial charge in [-0.3, -0.25) is 4.68 Å². The fraction of sp³-hybridized carbons (Fsp3) is 0.562. The van der Waals surface area contributed by atoms with E-state index in [9.17, 15) is 4.79 Å². The summed E-state index contributed by atoms with van der Waals surface area (Å²) >= 11 is 3.78. The van der Waals surface area contributed by atoms with E-state index in [0.717, 1.165) is 19.8 Å². The first-order valence-corrected chi connectivity index (χ1v) is 9.83. The van der Waals surface area contributed by atoms with Gasteiger partial charge in [0.15, 0.2) is 0 Å². The van der Waals surface area contributed by atoms with Gasteiger partial charge in [-0.25, -0.2) is 4.79 Å². The Morgan fingerprint density at radius 3 is 2.64 bits per heavy atom. The Kier molecular flexibility index (Phi) is 4.97. The highest BCUT2D eigenvalue weighted by Gasteiger charge is 2.36. The Balaban J connectivity index is 1.61. The maximum Gasteiger partial charge on any atom is 0.410 e. The van der Waals surface area contributed by atoms with Crippen molar-refractivity contribution in [2.45, 2.75) is 39.4 Å². The van der Waals surface area contributed by atoms with Crippen LogP contribution in [0.4, 0.5) is 4.79 Å². The normalized spacial score (nSPS) is 15.2. The number of halogens is 1. The number of thiazole rings is 1. The van der Waals surface area contributed by atoms with Gasteiger partial charge in [0.05, 0.1) is 27.9 Å². The topological polar surface area (TPSA) is 69.5 Å². The van der Waals surface area contributed by atoms with Gasteiger partial charge in [0.2, 0.25) is 0 Å². The van der Waals surface area contributed by atoms with Crippen molar-refractivity contribution < 1.29 is 14.3 Å². The van der Waals surface area contributed by atoms with E-state index < -0.39 is 5.60 Å². The van der Waals surface area contributed by atoms with Gasteiger partial charge in [-0.2, -0.15) is 10.1 Å². The van der Waals surface area contributed by atoms with Crippen LogP contribution in [0.3, 0.4) is 0 Å². The summed E-state index contributed by atoms with van der Waals surface area (Å²) in [5, 5.41) is 4.89. The third-order valence-corrected chi connectivity index (χ3v) is 5.59. The molecule has 0 aliphatic carbocycles. The average molecular weight is 476 g/mol. The maximum atomic E-state index is 12.0. The molecule has 0 aromatic carbocycles. The molecule has 0 radical (unpaired) electrons. The fourth-order valence-electron chi connectivity index (χ4n) is 2.50. The van der Waals surface area contributed by atoms with Gasteiger partial charge < -0.3 is 14.4 Å². The van der Waals surface area contributed by atoms with Gasteiger partial charge in [0.25, 0.3) is 5.19 Å². The van der Waals surface area contributed by atoms with Gasteiger partial charge in [-0.05, 0) is 55.8 Å². The molecule has 7 nitrogen and oxygen atoms in total. The van der Waals surface area contributed by atoms with Crippen molar-refractivity contribution in [2.75, 3.05) is 13.1 Å². The highest BCUT2D eigenvalue weighted by molar-refractivity contribution is 14.1. The zero-order valence-corrected chi connectivity index (χ0v) is 17.8. The fourth-order valence-corrected chi connectivity index (χ4v) is 4.15. The number of aromatic nitrogens is 3. The average Bonchev–Trinajstić information content (AvgIpc) is 2.94. The lowest BCUT2D eigenvalue weighted by Gasteiger charge is -2.38. The van der Waals surface area contributed by atoms with Gasteiger partial charge >= 0.3 is 6.09 Å². The summed E-state index contributed by atoms with van der Waals surface area (Å²) < 4.78 is 14.2. The molecule has 2 aromatic rings. The van der Waals surface area contributed by atoms with Crippen molar-refractivity contribution in [1.29, 1.82) is 0 Å². The van der Waals surface area contributed by atoms with E-state index in [1.165, 1.54) is 11.3 Å². The molecule has 0 unspecified atom stereocenters. The van der Waals surface area contributed by atoms with Crippen LogP contribution in [0.5, 0.6) is 5.19 Å². The van der Waals surface area contributed by atoms with Crippen LogP contribution in [0.2, 0.25) is 0 Å². The molecular weight excluding hydrogens is 455 g/mol. The number of carbonyl (C=O) groups excluding carboxylic acids is 1. The molecule has 0 saturated carbocycles. The first-order valence-electron chi connectivity index (χ1n) is 7.94. The minimum absolute atomic E-state index is 0.0463. The number of amides is 1. The summed E-state index contributed by atoms with van der Waals surface area (Å²) in [5.41, 5.74) is 2.49. The summed E-state index contributed by atoms with van der Waals surface area (Å²) in [5.74, 6) is 0. The molecule has 3 rings (SSSR count). The summed E-state index contributed by atoms with van der Waals surface area (Å²) in [4.78, 5) is 18.2. The Hall–Kier alpha value is -1.36. The first-order chi connectivity index (χ1) is 11.6. The zero-order chi connectivity index (χ0) is 18.4. The molecule has 25 heavy (non-hydrogen) atoms. The smallest absolute Gasteiger partial charge is 0.410 e. The van der Waals surface area contributed by atoms with E-state index in [0.29, 0.717) is 18.3 Å². The Morgan fingerprint density at radius 1 is 1.40 bits per heavy atom. The predicted octanol–water partition coefficient (Wildman–Crippen LogP) is 3.45. The lowest BCUT2D eigenvalue weighted by Crippen LogP contribution is -2.57. The lowest BCUT2D eigenvalue weighted by atomic mass is 10.2. The quantitative estimate of drug-likeness (QED) is 0.635. The van der Waals surface area contributed by atoms with E-state index in [-0.39, 0.29) is 12.2 Å². The number of aryl methyl sites for hydroxylation is 2. The minimum Gasteiger partial charge on any atom is -0.463 e. The standard InChI is InChI=1S/C16H21IN4O3S/c1-9-6-18-20(5)12(9)11-13(17)25-14(19-11)23-10-7-21(8-10)15(22)24-16(2,3)4/h6,10H,7-8H2,1-5H3. The summed E-state index contributed by atoms with van der Waals surface area (Å²) in [7, 11) is 1.91. The van der Waals surface area contributed by atoms with E-state index in [2.05, 4.69) is 32.7 Å². The summed E-state index contributed by atoms with van der Waals surface area (Å²) in [6.45, 7) is 8.63. The monoisotopic (exact) mass is 476 g/mol. The van der Waals surface area contributed by atoms with Crippen molar-refractivity contribution >= 4 is 40.0 Å². The van der Waals surface area contributed by atoms with Crippen LogP contribution in [-0.4, -0.2) is 50.6 Å². The first kappa shape index (κ1) is 18.4. The third-order valence-electron chi connectivity index (χ3n) is 3.68. The highest BCUT2D eigenvalue weighted by Crippen LogP contribution is 2.35. The second kappa shape index (κ2) is 6.75. The second-order valence-corrected chi connectivity index (χ2v) is 9.80. The molecule has 2 aromatic heterocycles. The Morgan fingerprint density at radius 2 is 2.08 bits per heavy atom. The molecule has 0 N–H and O–H groups in total. The number of ether oxygens (including phenoxy) is 2. The lowest BCUT2D eigenvalue weighted by molar-refractivity contribution is -0.0221. The number of likely N-dealkylation sites (tertiary alicyclic amines) is 1. The van der Waals surface area contributed by atoms with Crippen LogP contribution in [0.1, 0.15) is 26.3 Å². The number of rotatable bonds is 3. The summed E-state index contributed by atoms with van der Waals surface area (Å²) in [6, 6.07) is 0. The minimum atomic E-state index is -0.482. The van der Waals surface area contributed by atoms with Crippen molar-refractivity contribution in [3.05, 3.63) is 14.6 Å². The van der Waals surface area contributed by atoms with E-state index in [1.54, 1.807) is 4.90 Å². The molecule has 1 aliphatic heterocycles. The van der Waals surface area contributed by atoms with Crippen molar-refractivity contribution in [1.82, 2.24) is 19.7 Å². The van der Waals surface area contributed by atoms with Crippen LogP contribution < -0.4 is 4.74 Å². The predicted molar refractivity (Wildman–Crippen MR) is 104 cm³/mol. The van der Waals surface area contributed by atoms with Crippen LogP contribution in [-0.2, 0) is 11.8 Å². The van der Waals surface area contributed by atoms with Gasteiger partial charge in [-0.15, -0.1) is 0 Å². The number of hydrogen-bond donors (Lipinski definition) is 0. The molecule has 0 atom stereocenters. The molecule has 9 heteroatoms. The van der Waals surface area contributed by atoms with Gasteiger partial charge in [0, 0.05) is 7.05 Å². The van der Waals surface area contributed by atoms with E-state index >= 15 is 0 Å². The number of carbonyl (C=O) groups is 1. The van der Waals surface area contributed by atoms with Crippen LogP contribution >= 0.6 is 33.9 Å². The molecule has 1 fully saturated rings. The van der Waals surface area contributed by atoms with Gasteiger partial charge in [-0.1, -0.05) is 11.3 Å². The van der Waals surface area contributed by atoms with Crippen molar-refractivity contribution in [2.24, 2.45) is 7.05 Å². The Bertz CT molecular complexity index is 770. The van der Waals surface area contributed by atoms with Crippen LogP contribution in [0.25, 0.3) is 11.4 Å². The number of hydrogen-bond acceptors (Lipinski definition) is 6. The SMILES string of the molecule is Cc1cnn(C)c1-c1nc(OC2CN(C(=O)OC(C)(C)C)C2)sc1I. The van der Waals surface area contributed by atoms with Crippen molar-refractivity contribution in [3.8, 4) is 16.6 Å². The largest absolute Gasteiger partial charge is 0.463 e. The van der Waals surface area contributed by atoms with Gasteiger partial charge in [0.1, 0.15) is 17.4 Å². The zero-order valence-electron chi connectivity index (χ0n) is 14.9. The molecular formula is C16H21IN4O3S. The van der Waals surface area contributed by atoms with E-state index in [4.69, 9.17) is 9.47 Å². The molecule has 1 aliphatic rings. The second-order valence-electron chi connectivity index (χ2n) is 7.03. The van der Waals surface area contributed by atoms with Crippen LogP contribution in [0.15, 0.2) is 6.20 Å². The molecule has 0 bridgehead atoms. The third kappa shape index (κ3) is 4.08. The summed E-state index contributed by atoms with van der Waals surface area (Å²) in [6.07, 6.45) is 1.48.